The molecule has 6 N–H and O–H groups in total. The number of rotatable bonds is 10. The van der Waals surface area contributed by atoms with Crippen molar-refractivity contribution in [1.29, 1.82) is 0 Å². The molecule has 0 spiro atoms. The molecule has 0 aromatic carbocycles. The van der Waals surface area contributed by atoms with Crippen LogP contribution in [-0.2, 0) is 22.7 Å². The average Bonchev–Trinajstić information content (AvgIpc) is 2.29. The average molecular weight is 432 g/mol. The van der Waals surface area contributed by atoms with Crippen LogP contribution in [-0.4, -0.2) is 124 Å². The second-order valence-corrected chi connectivity index (χ2v) is 7.29. The van der Waals surface area contributed by atoms with Crippen LogP contribution in [0.15, 0.2) is 0 Å². The van der Waals surface area contributed by atoms with Crippen LogP contribution in [0.1, 0.15) is 27.7 Å². The van der Waals surface area contributed by atoms with Gasteiger partial charge in [-0.15, -0.1) is 10.1 Å². The summed E-state index contributed by atoms with van der Waals surface area (Å²) >= 11 is 0. The van der Waals surface area contributed by atoms with Crippen molar-refractivity contribution in [2.75, 3.05) is 0 Å². The van der Waals surface area contributed by atoms with Gasteiger partial charge in [0.05, 0.1) is 0 Å². The van der Waals surface area contributed by atoms with Crippen LogP contribution in [0.3, 0.4) is 0 Å². The molecule has 0 fully saturated rings. The van der Waals surface area contributed by atoms with E-state index >= 15 is 0 Å². The van der Waals surface area contributed by atoms with Crippen LogP contribution in [0.2, 0.25) is 0 Å². The molecule has 0 aliphatic heterocycles. The molecular weight excluding hydrogens is 408 g/mol. The minimum atomic E-state index is -5.41. The van der Waals surface area contributed by atoms with Gasteiger partial charge in [0.1, 0.15) is 24.9 Å². The Kier molecular flexibility index (Phi) is 16.8. The van der Waals surface area contributed by atoms with Crippen molar-refractivity contribution in [1.82, 2.24) is 10.1 Å². The molecule has 4 unspecified atom stereocenters. The van der Waals surface area contributed by atoms with Crippen molar-refractivity contribution in [2.45, 2.75) is 52.6 Å². The van der Waals surface area contributed by atoms with E-state index in [4.69, 9.17) is 9.79 Å². The van der Waals surface area contributed by atoms with E-state index in [1.807, 2.05) is 0 Å². The van der Waals surface area contributed by atoms with Crippen molar-refractivity contribution in [2.24, 2.45) is 0 Å². The minimum absolute atomic E-state index is 0. The maximum atomic E-state index is 12.4. The molecule has 0 saturated carbocycles. The molecule has 0 bridgehead atoms. The summed E-state index contributed by atoms with van der Waals surface area (Å²) in [6.45, 7) is 4.32. The van der Waals surface area contributed by atoms with E-state index in [9.17, 15) is 29.6 Å². The maximum absolute atomic E-state index is 12.4. The Hall–Kier alpha value is 2.02. The quantitative estimate of drug-likeness (QED) is 0.0939. The first-order valence-electron chi connectivity index (χ1n) is 6.24. The van der Waals surface area contributed by atoms with Gasteiger partial charge in [-0.25, -0.2) is 9.13 Å². The summed E-state index contributed by atoms with van der Waals surface area (Å²) in [5.74, 6) is 0. The van der Waals surface area contributed by atoms with Gasteiger partial charge in [0, 0.05) is 0 Å². The molecule has 17 heteroatoms. The summed E-state index contributed by atoms with van der Waals surface area (Å²) in [5.41, 5.74) is 0. The Balaban J connectivity index is -0.00000242. The number of hydrogen-bond acceptors (Lipinski definition) is 11. The Morgan fingerprint density at radius 2 is 0.960 bits per heavy atom. The molecule has 0 aromatic rings. The van der Waals surface area contributed by atoms with Gasteiger partial charge >= 0.3 is 74.8 Å². The Bertz CT molecular complexity index is 419. The summed E-state index contributed by atoms with van der Waals surface area (Å²) in [4.78, 5) is 17.6. The third-order valence-corrected chi connectivity index (χ3v) is 4.50. The summed E-state index contributed by atoms with van der Waals surface area (Å²) in [5, 5.41) is 38.1. The van der Waals surface area contributed by atoms with Crippen LogP contribution in [0.4, 0.5) is 0 Å². The first kappa shape index (κ1) is 31.7. The van der Waals surface area contributed by atoms with Crippen LogP contribution >= 0.6 is 15.6 Å². The summed E-state index contributed by atoms with van der Waals surface area (Å²) in [7, 11) is -10.6. The molecule has 13 nitrogen and oxygen atoms in total. The summed E-state index contributed by atoms with van der Waals surface area (Å²) < 4.78 is 36.4. The van der Waals surface area contributed by atoms with Crippen molar-refractivity contribution in [3.8, 4) is 0 Å². The van der Waals surface area contributed by atoms with Crippen LogP contribution < -0.4 is 0 Å². The molecule has 0 amide bonds. The molecule has 0 aliphatic rings. The van der Waals surface area contributed by atoms with E-state index in [1.54, 1.807) is 0 Å². The number of nitrogens with zero attached hydrogens (tertiary/aromatic N) is 2. The van der Waals surface area contributed by atoms with Crippen LogP contribution in [0.5, 0.6) is 0 Å². The predicted molar refractivity (Wildman–Crippen MR) is 87.6 cm³/mol. The van der Waals surface area contributed by atoms with Gasteiger partial charge in [-0.05, 0) is 27.7 Å². The molecule has 0 saturated heterocycles. The van der Waals surface area contributed by atoms with Gasteiger partial charge in [-0.2, -0.15) is 13.6 Å². The number of phosphoric acid groups is 2. The number of hydroxylamine groups is 4. The molecule has 0 rings (SSSR count). The van der Waals surface area contributed by atoms with Crippen molar-refractivity contribution in [3.05, 3.63) is 0 Å². The van der Waals surface area contributed by atoms with Gasteiger partial charge in [-0.1, -0.05) is 0 Å². The Morgan fingerprint density at radius 3 is 1.12 bits per heavy atom. The van der Waals surface area contributed by atoms with Crippen LogP contribution in [0, 0.1) is 0 Å². The van der Waals surface area contributed by atoms with Gasteiger partial charge in [0.15, 0.2) is 0 Å². The second kappa shape index (κ2) is 13.3. The topological polar surface area (TPSA) is 190 Å². The van der Waals surface area contributed by atoms with E-state index in [2.05, 4.69) is 13.6 Å². The van der Waals surface area contributed by atoms with Crippen molar-refractivity contribution < 1.29 is 52.9 Å². The zero-order valence-corrected chi connectivity index (χ0v) is 14.6. The SMILES string of the molecule is CC(O)N(OP(=O)(ON(C(C)O)C(C)O)OP(=O)(O)O)C(C)O.[NaH].[NaH]. The van der Waals surface area contributed by atoms with Gasteiger partial charge in [-0.3, -0.25) is 0 Å². The third kappa shape index (κ3) is 13.0. The van der Waals surface area contributed by atoms with Gasteiger partial charge < -0.3 is 30.2 Å². The fraction of sp³-hybridized carbons (Fsp3) is 1.00. The van der Waals surface area contributed by atoms with Gasteiger partial charge in [0.25, 0.3) is 0 Å². The third-order valence-electron chi connectivity index (χ3n) is 2.07. The molecule has 0 aromatic heterocycles. The van der Waals surface area contributed by atoms with E-state index < -0.39 is 40.6 Å². The second-order valence-electron chi connectivity index (χ2n) is 4.43. The number of hydrogen-bond donors (Lipinski definition) is 6. The molecule has 4 atom stereocenters. The Labute approximate surface area is 189 Å². The first-order chi connectivity index (χ1) is 10.2. The zero-order valence-electron chi connectivity index (χ0n) is 12.8. The van der Waals surface area contributed by atoms with E-state index in [0.717, 1.165) is 27.7 Å². The monoisotopic (exact) mass is 432 g/mol. The fourth-order valence-corrected chi connectivity index (χ4v) is 3.62. The molecule has 25 heavy (non-hydrogen) atoms. The Morgan fingerprint density at radius 1 is 0.720 bits per heavy atom. The molecule has 0 aliphatic carbocycles. The summed E-state index contributed by atoms with van der Waals surface area (Å²) in [6, 6.07) is 0. The zero-order chi connectivity index (χ0) is 18.6. The normalized spacial score (nSPS) is 19.4. The van der Waals surface area contributed by atoms with Crippen molar-refractivity contribution in [3.63, 3.8) is 0 Å². The molecule has 144 valence electrons. The molecular formula is C8H24N2Na2O11P2. The predicted octanol–water partition coefficient (Wildman–Crippen LogP) is -2.27. The van der Waals surface area contributed by atoms with Crippen LogP contribution in [0.25, 0.3) is 0 Å². The van der Waals surface area contributed by atoms with E-state index in [0.29, 0.717) is 0 Å². The fourth-order valence-electron chi connectivity index (χ4n) is 1.30. The molecule has 0 heterocycles. The van der Waals surface area contributed by atoms with E-state index in [1.165, 1.54) is 0 Å². The standard InChI is InChI=1S/C8H22N2O11P2.2Na.2H/c1-5(11)9(6(2)12)19-23(18,21-22(15,16)17)20-10(7(3)13)8(4)14;;;;/h5-8,11-14H,1-4H3,(H2,15,16,17);;;;. The number of aliphatic hydroxyl groups is 4. The number of aliphatic hydroxyl groups excluding tert-OH is 4. The van der Waals surface area contributed by atoms with Gasteiger partial charge in [0.2, 0.25) is 0 Å². The van der Waals surface area contributed by atoms with Crippen molar-refractivity contribution >= 4 is 74.8 Å². The first-order valence-corrected chi connectivity index (χ1v) is 9.23. The summed E-state index contributed by atoms with van der Waals surface area (Å²) in [6.07, 6.45) is -6.34. The van der Waals surface area contributed by atoms with E-state index in [-0.39, 0.29) is 69.2 Å². The molecule has 0 radical (unpaired) electrons.